The van der Waals surface area contributed by atoms with Crippen molar-refractivity contribution in [3.63, 3.8) is 0 Å². The number of β-amino-alcohol motifs (C(OH)–C–C–N with tert-alkyl or cyclic N) is 1. The average Bonchev–Trinajstić information content (AvgIpc) is 2.78. The van der Waals surface area contributed by atoms with Gasteiger partial charge in [0.05, 0.1) is 17.4 Å². The maximum Gasteiger partial charge on any atom is 0.335 e. The van der Waals surface area contributed by atoms with E-state index in [1.165, 1.54) is 4.90 Å². The summed E-state index contributed by atoms with van der Waals surface area (Å²) in [6, 6.07) is 2.60. The molecule has 1 fully saturated rings. The minimum absolute atomic E-state index is 0.113. The molecule has 7 heteroatoms. The summed E-state index contributed by atoms with van der Waals surface area (Å²) in [4.78, 5) is 23.9. The first-order valence-corrected chi connectivity index (χ1v) is 5.74. The lowest BCUT2D eigenvalue weighted by Crippen LogP contribution is -2.33. The van der Waals surface area contributed by atoms with Crippen LogP contribution in [0.1, 0.15) is 16.8 Å². The van der Waals surface area contributed by atoms with Crippen LogP contribution in [-0.2, 0) is 0 Å². The number of aliphatic hydroxyl groups excluding tert-OH is 1. The van der Waals surface area contributed by atoms with E-state index in [-0.39, 0.29) is 17.8 Å². The van der Waals surface area contributed by atoms with Gasteiger partial charge in [0.1, 0.15) is 5.82 Å². The van der Waals surface area contributed by atoms with E-state index in [2.05, 4.69) is 5.32 Å². The number of aliphatic hydroxyl groups is 1. The number of nitrogens with zero attached hydrogens (tertiary/aromatic N) is 1. The highest BCUT2D eigenvalue weighted by molar-refractivity contribution is 5.93. The van der Waals surface area contributed by atoms with E-state index < -0.39 is 23.9 Å². The third-order valence-corrected chi connectivity index (χ3v) is 2.91. The van der Waals surface area contributed by atoms with Gasteiger partial charge in [-0.15, -0.1) is 0 Å². The lowest BCUT2D eigenvalue weighted by atomic mass is 10.2. The number of carboxylic acid groups (broad SMARTS) is 1. The molecule has 1 aromatic rings. The van der Waals surface area contributed by atoms with Gasteiger partial charge >= 0.3 is 12.0 Å². The van der Waals surface area contributed by atoms with Crippen molar-refractivity contribution in [2.45, 2.75) is 12.5 Å². The van der Waals surface area contributed by atoms with Crippen LogP contribution < -0.4 is 5.32 Å². The molecule has 1 aromatic carbocycles. The summed E-state index contributed by atoms with van der Waals surface area (Å²) in [6.07, 6.45) is -0.0913. The van der Waals surface area contributed by atoms with Crippen LogP contribution in [0.15, 0.2) is 18.2 Å². The molecule has 0 spiro atoms. The summed E-state index contributed by atoms with van der Waals surface area (Å²) in [5, 5.41) is 20.4. The van der Waals surface area contributed by atoms with Crippen LogP contribution in [0, 0.1) is 5.82 Å². The highest BCUT2D eigenvalue weighted by Gasteiger charge is 2.25. The second kappa shape index (κ2) is 5.23. The van der Waals surface area contributed by atoms with Crippen molar-refractivity contribution >= 4 is 17.7 Å². The van der Waals surface area contributed by atoms with Crippen LogP contribution in [0.3, 0.4) is 0 Å². The van der Waals surface area contributed by atoms with E-state index in [1.54, 1.807) is 0 Å². The van der Waals surface area contributed by atoms with Crippen molar-refractivity contribution in [3.8, 4) is 0 Å². The minimum Gasteiger partial charge on any atom is -0.478 e. The lowest BCUT2D eigenvalue weighted by Gasteiger charge is -2.16. The third kappa shape index (κ3) is 3.00. The average molecular weight is 268 g/mol. The van der Waals surface area contributed by atoms with Gasteiger partial charge in [0, 0.05) is 13.1 Å². The fraction of sp³-hybridized carbons (Fsp3) is 0.333. The van der Waals surface area contributed by atoms with Gasteiger partial charge in [0.15, 0.2) is 0 Å². The van der Waals surface area contributed by atoms with E-state index in [0.717, 1.165) is 18.2 Å². The van der Waals surface area contributed by atoms with Crippen molar-refractivity contribution in [2.75, 3.05) is 18.4 Å². The van der Waals surface area contributed by atoms with Crippen molar-refractivity contribution in [3.05, 3.63) is 29.6 Å². The van der Waals surface area contributed by atoms with Gasteiger partial charge in [-0.1, -0.05) is 0 Å². The van der Waals surface area contributed by atoms with Crippen LogP contribution in [-0.4, -0.2) is 46.3 Å². The molecule has 1 saturated heterocycles. The zero-order valence-electron chi connectivity index (χ0n) is 9.97. The largest absolute Gasteiger partial charge is 0.478 e. The van der Waals surface area contributed by atoms with Crippen LogP contribution in [0.25, 0.3) is 0 Å². The van der Waals surface area contributed by atoms with Crippen LogP contribution in [0.5, 0.6) is 0 Å². The van der Waals surface area contributed by atoms with Crippen molar-refractivity contribution < 1.29 is 24.2 Å². The molecule has 1 unspecified atom stereocenters. The van der Waals surface area contributed by atoms with E-state index in [4.69, 9.17) is 5.11 Å². The highest BCUT2D eigenvalue weighted by Crippen LogP contribution is 2.18. The number of carbonyl (C=O) groups excluding carboxylic acids is 1. The first kappa shape index (κ1) is 13.3. The number of nitrogens with one attached hydrogen (secondary N) is 1. The number of urea groups is 1. The molecule has 1 aliphatic heterocycles. The molecule has 6 nitrogen and oxygen atoms in total. The SMILES string of the molecule is O=C(O)c1ccc(F)c(NC(=O)N2CCC(O)C2)c1. The Labute approximate surface area is 108 Å². The Morgan fingerprint density at radius 1 is 1.42 bits per heavy atom. The molecule has 1 heterocycles. The quantitative estimate of drug-likeness (QED) is 0.749. The summed E-state index contributed by atoms with van der Waals surface area (Å²) < 4.78 is 13.5. The lowest BCUT2D eigenvalue weighted by molar-refractivity contribution is 0.0697. The molecule has 1 aliphatic rings. The Morgan fingerprint density at radius 3 is 2.74 bits per heavy atom. The van der Waals surface area contributed by atoms with Crippen molar-refractivity contribution in [1.29, 1.82) is 0 Å². The standard InChI is InChI=1S/C12H13FN2O4/c13-9-2-1-7(11(17)18)5-10(9)14-12(19)15-4-3-8(16)6-15/h1-2,5,8,16H,3-4,6H2,(H,14,19)(H,17,18). The first-order valence-electron chi connectivity index (χ1n) is 5.74. The Morgan fingerprint density at radius 2 is 2.16 bits per heavy atom. The zero-order chi connectivity index (χ0) is 14.0. The number of benzene rings is 1. The second-order valence-corrected chi connectivity index (χ2v) is 4.32. The van der Waals surface area contributed by atoms with Crippen LogP contribution in [0.4, 0.5) is 14.9 Å². The molecule has 3 N–H and O–H groups in total. The van der Waals surface area contributed by atoms with Gasteiger partial charge in [0.25, 0.3) is 0 Å². The summed E-state index contributed by atoms with van der Waals surface area (Å²) in [5.74, 6) is -1.91. The molecular weight excluding hydrogens is 255 g/mol. The number of amides is 2. The predicted molar refractivity (Wildman–Crippen MR) is 64.6 cm³/mol. The number of anilines is 1. The van der Waals surface area contributed by atoms with E-state index >= 15 is 0 Å². The summed E-state index contributed by atoms with van der Waals surface area (Å²) in [7, 11) is 0. The first-order chi connectivity index (χ1) is 8.97. The Bertz CT molecular complexity index is 520. The van der Waals surface area contributed by atoms with Gasteiger partial charge in [-0.3, -0.25) is 0 Å². The monoisotopic (exact) mass is 268 g/mol. The number of carboxylic acids is 1. The van der Waals surface area contributed by atoms with E-state index in [1.807, 2.05) is 0 Å². The molecule has 0 aromatic heterocycles. The van der Waals surface area contributed by atoms with Gasteiger partial charge in [-0.2, -0.15) is 0 Å². The minimum atomic E-state index is -1.20. The number of hydrogen-bond acceptors (Lipinski definition) is 3. The van der Waals surface area contributed by atoms with Crippen LogP contribution in [0.2, 0.25) is 0 Å². The normalized spacial score (nSPS) is 18.4. The second-order valence-electron chi connectivity index (χ2n) is 4.32. The Hall–Kier alpha value is -2.15. The molecule has 2 rings (SSSR count). The van der Waals surface area contributed by atoms with Gasteiger partial charge in [0.2, 0.25) is 0 Å². The number of aromatic carboxylic acids is 1. The maximum absolute atomic E-state index is 13.5. The fourth-order valence-corrected chi connectivity index (χ4v) is 1.87. The summed E-state index contributed by atoms with van der Waals surface area (Å²) in [5.41, 5.74) is -0.301. The third-order valence-electron chi connectivity index (χ3n) is 2.91. The van der Waals surface area contributed by atoms with Gasteiger partial charge in [-0.25, -0.2) is 14.0 Å². The topological polar surface area (TPSA) is 89.9 Å². The van der Waals surface area contributed by atoms with E-state index in [9.17, 15) is 19.1 Å². The molecule has 0 saturated carbocycles. The molecular formula is C12H13FN2O4. The number of hydrogen-bond donors (Lipinski definition) is 3. The number of carbonyl (C=O) groups is 2. The van der Waals surface area contributed by atoms with Crippen molar-refractivity contribution in [1.82, 2.24) is 4.90 Å². The molecule has 1 atom stereocenters. The number of rotatable bonds is 2. The fourth-order valence-electron chi connectivity index (χ4n) is 1.87. The van der Waals surface area contributed by atoms with Crippen LogP contribution >= 0.6 is 0 Å². The molecule has 0 radical (unpaired) electrons. The summed E-state index contributed by atoms with van der Waals surface area (Å²) >= 11 is 0. The number of halogens is 1. The maximum atomic E-state index is 13.5. The van der Waals surface area contributed by atoms with E-state index in [0.29, 0.717) is 13.0 Å². The van der Waals surface area contributed by atoms with Crippen molar-refractivity contribution in [2.24, 2.45) is 0 Å². The molecule has 2 amide bonds. The molecule has 0 bridgehead atoms. The highest BCUT2D eigenvalue weighted by atomic mass is 19.1. The zero-order valence-corrected chi connectivity index (χ0v) is 9.97. The van der Waals surface area contributed by atoms with Gasteiger partial charge < -0.3 is 20.4 Å². The smallest absolute Gasteiger partial charge is 0.335 e. The Kier molecular flexibility index (Phi) is 3.66. The molecule has 0 aliphatic carbocycles. The Balaban J connectivity index is 2.12. The molecule has 102 valence electrons. The predicted octanol–water partition coefficient (Wildman–Crippen LogP) is 1.12. The molecule has 19 heavy (non-hydrogen) atoms. The number of likely N-dealkylation sites (tertiary alicyclic amines) is 1. The van der Waals surface area contributed by atoms with Gasteiger partial charge in [-0.05, 0) is 24.6 Å². The summed E-state index contributed by atoms with van der Waals surface area (Å²) in [6.45, 7) is 0.569.